The Morgan fingerprint density at radius 1 is 1.08 bits per heavy atom. The number of ether oxygens (including phenoxy) is 1. The quantitative estimate of drug-likeness (QED) is 0.732. The van der Waals surface area contributed by atoms with Gasteiger partial charge in [-0.2, -0.15) is 0 Å². The highest BCUT2D eigenvalue weighted by molar-refractivity contribution is 4.75. The minimum Gasteiger partial charge on any atom is -0.375 e. The SMILES string of the molecule is CC(C)C(C)OC1CCC(N)CC1. The van der Waals surface area contributed by atoms with Gasteiger partial charge in [0.25, 0.3) is 0 Å². The second-order valence-corrected chi connectivity index (χ2v) is 4.62. The van der Waals surface area contributed by atoms with Crippen molar-refractivity contribution in [1.82, 2.24) is 0 Å². The average Bonchev–Trinajstić information content (AvgIpc) is 2.08. The molecule has 78 valence electrons. The molecule has 1 rings (SSSR count). The Labute approximate surface area is 81.8 Å². The van der Waals surface area contributed by atoms with Crippen LogP contribution in [0.15, 0.2) is 0 Å². The molecule has 0 aromatic carbocycles. The number of hydrogen-bond acceptors (Lipinski definition) is 2. The molecule has 13 heavy (non-hydrogen) atoms. The molecule has 0 bridgehead atoms. The van der Waals surface area contributed by atoms with Crippen LogP contribution in [0.3, 0.4) is 0 Å². The van der Waals surface area contributed by atoms with Crippen molar-refractivity contribution in [2.45, 2.75) is 64.7 Å². The minimum atomic E-state index is 0.388. The van der Waals surface area contributed by atoms with Gasteiger partial charge in [0, 0.05) is 6.04 Å². The van der Waals surface area contributed by atoms with Crippen LogP contribution in [-0.2, 0) is 4.74 Å². The number of hydrogen-bond donors (Lipinski definition) is 1. The molecule has 1 unspecified atom stereocenters. The molecule has 2 N–H and O–H groups in total. The number of rotatable bonds is 3. The molecule has 2 heteroatoms. The Morgan fingerprint density at radius 2 is 1.62 bits per heavy atom. The summed E-state index contributed by atoms with van der Waals surface area (Å²) in [6.07, 6.45) is 5.43. The van der Waals surface area contributed by atoms with E-state index in [-0.39, 0.29) is 0 Å². The summed E-state index contributed by atoms with van der Waals surface area (Å²) in [5, 5.41) is 0. The van der Waals surface area contributed by atoms with E-state index in [4.69, 9.17) is 10.5 Å². The van der Waals surface area contributed by atoms with Gasteiger partial charge in [0.2, 0.25) is 0 Å². The van der Waals surface area contributed by atoms with Crippen molar-refractivity contribution in [3.05, 3.63) is 0 Å². The normalized spacial score (nSPS) is 32.1. The molecule has 0 aliphatic heterocycles. The highest BCUT2D eigenvalue weighted by Crippen LogP contribution is 2.22. The summed E-state index contributed by atoms with van der Waals surface area (Å²) in [6.45, 7) is 6.58. The summed E-state index contributed by atoms with van der Waals surface area (Å²) in [4.78, 5) is 0. The molecule has 0 radical (unpaired) electrons. The largest absolute Gasteiger partial charge is 0.375 e. The van der Waals surface area contributed by atoms with Crippen LogP contribution in [0.25, 0.3) is 0 Å². The standard InChI is InChI=1S/C11H23NO/c1-8(2)9(3)13-11-6-4-10(12)5-7-11/h8-11H,4-7,12H2,1-3H3. The first kappa shape index (κ1) is 11.0. The van der Waals surface area contributed by atoms with Crippen molar-refractivity contribution in [2.75, 3.05) is 0 Å². The fraction of sp³-hybridized carbons (Fsp3) is 1.00. The van der Waals surface area contributed by atoms with Crippen LogP contribution in [0.5, 0.6) is 0 Å². The molecule has 0 saturated heterocycles. The highest BCUT2D eigenvalue weighted by Gasteiger charge is 2.21. The molecule has 0 heterocycles. The lowest BCUT2D eigenvalue weighted by atomic mass is 9.93. The molecular formula is C11H23NO. The lowest BCUT2D eigenvalue weighted by Crippen LogP contribution is -2.33. The zero-order valence-electron chi connectivity index (χ0n) is 9.12. The average molecular weight is 185 g/mol. The van der Waals surface area contributed by atoms with E-state index < -0.39 is 0 Å². The molecule has 1 fully saturated rings. The van der Waals surface area contributed by atoms with E-state index in [2.05, 4.69) is 20.8 Å². The third-order valence-corrected chi connectivity index (χ3v) is 3.06. The first-order valence-corrected chi connectivity index (χ1v) is 5.50. The molecule has 0 spiro atoms. The Hall–Kier alpha value is -0.0800. The molecule has 1 saturated carbocycles. The van der Waals surface area contributed by atoms with Crippen molar-refractivity contribution in [1.29, 1.82) is 0 Å². The summed E-state index contributed by atoms with van der Waals surface area (Å²) in [6, 6.07) is 0.425. The van der Waals surface area contributed by atoms with E-state index in [9.17, 15) is 0 Å². The van der Waals surface area contributed by atoms with Crippen molar-refractivity contribution < 1.29 is 4.74 Å². The monoisotopic (exact) mass is 185 g/mol. The van der Waals surface area contributed by atoms with Gasteiger partial charge in [-0.1, -0.05) is 13.8 Å². The lowest BCUT2D eigenvalue weighted by molar-refractivity contribution is -0.0429. The van der Waals surface area contributed by atoms with Gasteiger partial charge in [0.1, 0.15) is 0 Å². The molecule has 0 amide bonds. The van der Waals surface area contributed by atoms with Gasteiger partial charge in [-0.3, -0.25) is 0 Å². The van der Waals surface area contributed by atoms with E-state index in [0.717, 1.165) is 25.7 Å². The van der Waals surface area contributed by atoms with Crippen molar-refractivity contribution in [2.24, 2.45) is 11.7 Å². The van der Waals surface area contributed by atoms with Crippen LogP contribution < -0.4 is 5.73 Å². The van der Waals surface area contributed by atoms with Gasteiger partial charge in [0.05, 0.1) is 12.2 Å². The Kier molecular flexibility index (Phi) is 4.20. The van der Waals surface area contributed by atoms with Gasteiger partial charge in [-0.25, -0.2) is 0 Å². The van der Waals surface area contributed by atoms with Gasteiger partial charge in [0.15, 0.2) is 0 Å². The second kappa shape index (κ2) is 4.97. The summed E-state index contributed by atoms with van der Waals surface area (Å²) in [5.74, 6) is 0.621. The molecule has 0 aromatic heterocycles. The van der Waals surface area contributed by atoms with Crippen LogP contribution >= 0.6 is 0 Å². The summed E-state index contributed by atoms with van der Waals surface area (Å²) in [7, 11) is 0. The van der Waals surface area contributed by atoms with Crippen molar-refractivity contribution >= 4 is 0 Å². The zero-order chi connectivity index (χ0) is 9.84. The molecule has 1 aliphatic rings. The van der Waals surface area contributed by atoms with E-state index in [1.165, 1.54) is 0 Å². The fourth-order valence-electron chi connectivity index (χ4n) is 1.69. The van der Waals surface area contributed by atoms with E-state index in [0.29, 0.717) is 24.2 Å². The van der Waals surface area contributed by atoms with Crippen LogP contribution in [0.2, 0.25) is 0 Å². The first-order chi connectivity index (χ1) is 6.09. The van der Waals surface area contributed by atoms with E-state index in [1.807, 2.05) is 0 Å². The van der Waals surface area contributed by atoms with Crippen LogP contribution in [0, 0.1) is 5.92 Å². The lowest BCUT2D eigenvalue weighted by Gasteiger charge is -2.30. The van der Waals surface area contributed by atoms with Crippen LogP contribution in [0.1, 0.15) is 46.5 Å². The topological polar surface area (TPSA) is 35.2 Å². The maximum Gasteiger partial charge on any atom is 0.0580 e. The smallest absolute Gasteiger partial charge is 0.0580 e. The summed E-state index contributed by atoms with van der Waals surface area (Å²) >= 11 is 0. The fourth-order valence-corrected chi connectivity index (χ4v) is 1.69. The van der Waals surface area contributed by atoms with Gasteiger partial charge in [-0.05, 0) is 38.5 Å². The molecule has 2 nitrogen and oxygen atoms in total. The Bertz CT molecular complexity index is 139. The van der Waals surface area contributed by atoms with Crippen LogP contribution in [0.4, 0.5) is 0 Å². The van der Waals surface area contributed by atoms with E-state index in [1.54, 1.807) is 0 Å². The second-order valence-electron chi connectivity index (χ2n) is 4.62. The molecule has 1 atom stereocenters. The van der Waals surface area contributed by atoms with E-state index >= 15 is 0 Å². The van der Waals surface area contributed by atoms with Gasteiger partial charge in [-0.15, -0.1) is 0 Å². The first-order valence-electron chi connectivity index (χ1n) is 5.50. The predicted octanol–water partition coefficient (Wildman–Crippen LogP) is 2.32. The van der Waals surface area contributed by atoms with Crippen molar-refractivity contribution in [3.63, 3.8) is 0 Å². The van der Waals surface area contributed by atoms with Crippen LogP contribution in [-0.4, -0.2) is 18.2 Å². The van der Waals surface area contributed by atoms with Gasteiger partial charge >= 0.3 is 0 Å². The molecular weight excluding hydrogens is 162 g/mol. The van der Waals surface area contributed by atoms with Gasteiger partial charge < -0.3 is 10.5 Å². The number of nitrogens with two attached hydrogens (primary N) is 1. The maximum atomic E-state index is 5.95. The van der Waals surface area contributed by atoms with Crippen molar-refractivity contribution in [3.8, 4) is 0 Å². The third kappa shape index (κ3) is 3.65. The Balaban J connectivity index is 2.22. The third-order valence-electron chi connectivity index (χ3n) is 3.06. The summed E-state index contributed by atoms with van der Waals surface area (Å²) in [5.41, 5.74) is 5.83. The predicted molar refractivity (Wildman–Crippen MR) is 55.6 cm³/mol. The maximum absolute atomic E-state index is 5.95. The Morgan fingerprint density at radius 3 is 2.08 bits per heavy atom. The molecule has 1 aliphatic carbocycles. The molecule has 0 aromatic rings. The summed E-state index contributed by atoms with van der Waals surface area (Å²) < 4.78 is 5.95. The minimum absolute atomic E-state index is 0.388. The highest BCUT2D eigenvalue weighted by atomic mass is 16.5. The zero-order valence-corrected chi connectivity index (χ0v) is 9.12.